The second-order valence-corrected chi connectivity index (χ2v) is 7.49. The minimum atomic E-state index is 0.143. The lowest BCUT2D eigenvalue weighted by Gasteiger charge is -2.34. The largest absolute Gasteiger partial charge is 0.335 e. The van der Waals surface area contributed by atoms with E-state index in [4.69, 9.17) is 0 Å². The van der Waals surface area contributed by atoms with Crippen LogP contribution in [0.3, 0.4) is 0 Å². The monoisotopic (exact) mass is 355 g/mol. The summed E-state index contributed by atoms with van der Waals surface area (Å²) in [5.41, 5.74) is 2.25. The summed E-state index contributed by atoms with van der Waals surface area (Å²) in [5.74, 6) is 0.143. The second-order valence-electron chi connectivity index (χ2n) is 6.46. The number of pyridine rings is 1. The molecule has 1 saturated heterocycles. The predicted octanol–water partition coefficient (Wildman–Crippen LogP) is 2.30. The van der Waals surface area contributed by atoms with Crippen molar-refractivity contribution < 1.29 is 4.79 Å². The van der Waals surface area contributed by atoms with E-state index < -0.39 is 0 Å². The Balaban J connectivity index is 1.41. The maximum atomic E-state index is 12.8. The highest BCUT2D eigenvalue weighted by atomic mass is 32.1. The zero-order valence-corrected chi connectivity index (χ0v) is 15.3. The molecule has 25 heavy (non-hydrogen) atoms. The highest BCUT2D eigenvalue weighted by Gasteiger charge is 2.24. The number of nitrogens with zero attached hydrogens (tertiary/aromatic N) is 5. The number of aromatic nitrogens is 3. The molecule has 0 aliphatic carbocycles. The highest BCUT2D eigenvalue weighted by molar-refractivity contribution is 7.20. The van der Waals surface area contributed by atoms with Crippen LogP contribution in [-0.2, 0) is 13.6 Å². The first-order chi connectivity index (χ1) is 12.1. The quantitative estimate of drug-likeness (QED) is 0.723. The van der Waals surface area contributed by atoms with E-state index in [1.54, 1.807) is 0 Å². The molecule has 1 aliphatic heterocycles. The van der Waals surface area contributed by atoms with Crippen LogP contribution in [0.4, 0.5) is 0 Å². The van der Waals surface area contributed by atoms with Gasteiger partial charge in [0.05, 0.1) is 10.6 Å². The van der Waals surface area contributed by atoms with Gasteiger partial charge in [-0.15, -0.1) is 11.3 Å². The maximum Gasteiger partial charge on any atom is 0.264 e. The molecule has 4 rings (SSSR count). The number of amides is 1. The Morgan fingerprint density at radius 1 is 1.20 bits per heavy atom. The number of fused-ring (bicyclic) bond motifs is 1. The van der Waals surface area contributed by atoms with Gasteiger partial charge in [-0.1, -0.05) is 0 Å². The van der Waals surface area contributed by atoms with E-state index >= 15 is 0 Å². The molecule has 0 bridgehead atoms. The Labute approximate surface area is 150 Å². The summed E-state index contributed by atoms with van der Waals surface area (Å²) in [4.78, 5) is 23.1. The summed E-state index contributed by atoms with van der Waals surface area (Å²) in [6, 6.07) is 6.09. The van der Waals surface area contributed by atoms with Crippen molar-refractivity contribution in [1.82, 2.24) is 24.6 Å². The number of aryl methyl sites for hydroxylation is 2. The van der Waals surface area contributed by atoms with Crippen LogP contribution in [-0.4, -0.2) is 56.7 Å². The minimum Gasteiger partial charge on any atom is -0.335 e. The molecule has 0 atom stereocenters. The number of carbonyl (C=O) groups is 1. The van der Waals surface area contributed by atoms with Crippen molar-refractivity contribution in [2.45, 2.75) is 13.5 Å². The zero-order chi connectivity index (χ0) is 17.4. The number of thiophene rings is 1. The minimum absolute atomic E-state index is 0.143. The summed E-state index contributed by atoms with van der Waals surface area (Å²) >= 11 is 1.54. The van der Waals surface area contributed by atoms with Crippen LogP contribution in [0.2, 0.25) is 0 Å². The molecule has 0 saturated carbocycles. The molecule has 7 heteroatoms. The highest BCUT2D eigenvalue weighted by Crippen LogP contribution is 2.28. The second kappa shape index (κ2) is 6.57. The molecule has 0 unspecified atom stereocenters. The van der Waals surface area contributed by atoms with E-state index in [-0.39, 0.29) is 5.91 Å². The molecule has 4 heterocycles. The van der Waals surface area contributed by atoms with Gasteiger partial charge in [-0.25, -0.2) is 0 Å². The van der Waals surface area contributed by atoms with Gasteiger partial charge in [0.1, 0.15) is 4.83 Å². The topological polar surface area (TPSA) is 54.3 Å². The average Bonchev–Trinajstić information content (AvgIpc) is 3.18. The molecule has 130 valence electrons. The predicted molar refractivity (Wildman–Crippen MR) is 98.7 cm³/mol. The van der Waals surface area contributed by atoms with E-state index in [1.807, 2.05) is 54.1 Å². The number of carbonyl (C=O) groups excluding carboxylic acids is 1. The molecule has 1 fully saturated rings. The van der Waals surface area contributed by atoms with Crippen molar-refractivity contribution in [2.24, 2.45) is 7.05 Å². The van der Waals surface area contributed by atoms with E-state index in [1.165, 1.54) is 16.9 Å². The summed E-state index contributed by atoms with van der Waals surface area (Å²) in [6.45, 7) is 6.25. The van der Waals surface area contributed by atoms with Crippen molar-refractivity contribution in [3.8, 4) is 0 Å². The fourth-order valence-corrected chi connectivity index (χ4v) is 4.41. The number of hydrogen-bond acceptors (Lipinski definition) is 5. The molecular weight excluding hydrogens is 334 g/mol. The van der Waals surface area contributed by atoms with Crippen LogP contribution in [0.5, 0.6) is 0 Å². The Morgan fingerprint density at radius 2 is 1.92 bits per heavy atom. The van der Waals surface area contributed by atoms with Crippen LogP contribution in [0.25, 0.3) is 10.2 Å². The fourth-order valence-electron chi connectivity index (χ4n) is 3.32. The maximum absolute atomic E-state index is 12.8. The molecular formula is C18H21N5OS. The Hall–Kier alpha value is -2.25. The Kier molecular flexibility index (Phi) is 4.27. The average molecular weight is 355 g/mol. The van der Waals surface area contributed by atoms with Crippen molar-refractivity contribution >= 4 is 27.5 Å². The lowest BCUT2D eigenvalue weighted by molar-refractivity contribution is 0.0633. The van der Waals surface area contributed by atoms with E-state index in [0.717, 1.165) is 53.5 Å². The first kappa shape index (κ1) is 16.2. The van der Waals surface area contributed by atoms with Gasteiger partial charge in [0.2, 0.25) is 0 Å². The van der Waals surface area contributed by atoms with Gasteiger partial charge in [0.25, 0.3) is 5.91 Å². The van der Waals surface area contributed by atoms with Gasteiger partial charge in [0.15, 0.2) is 0 Å². The molecule has 0 radical (unpaired) electrons. The third kappa shape index (κ3) is 3.17. The molecule has 0 aromatic carbocycles. The standard InChI is InChI=1S/C18H21N5OS/c1-13-15-11-16(25-18(15)21(2)20-13)17(24)23-9-7-22(8-10-23)12-14-3-5-19-6-4-14/h3-6,11H,7-10,12H2,1-2H3. The summed E-state index contributed by atoms with van der Waals surface area (Å²) < 4.78 is 1.86. The molecule has 3 aromatic heterocycles. The molecule has 3 aromatic rings. The lowest BCUT2D eigenvalue weighted by Crippen LogP contribution is -2.48. The van der Waals surface area contributed by atoms with Gasteiger partial charge < -0.3 is 4.90 Å². The van der Waals surface area contributed by atoms with E-state index in [2.05, 4.69) is 15.0 Å². The van der Waals surface area contributed by atoms with Crippen molar-refractivity contribution in [2.75, 3.05) is 26.2 Å². The summed E-state index contributed by atoms with van der Waals surface area (Å²) in [5, 5.41) is 5.49. The van der Waals surface area contributed by atoms with Gasteiger partial charge in [-0.2, -0.15) is 5.10 Å². The summed E-state index contributed by atoms with van der Waals surface area (Å²) in [6.07, 6.45) is 3.65. The van der Waals surface area contributed by atoms with Crippen LogP contribution in [0.1, 0.15) is 20.9 Å². The first-order valence-corrected chi connectivity index (χ1v) is 9.27. The van der Waals surface area contributed by atoms with Gasteiger partial charge in [0, 0.05) is 57.6 Å². The van der Waals surface area contributed by atoms with Crippen LogP contribution >= 0.6 is 11.3 Å². The van der Waals surface area contributed by atoms with Crippen LogP contribution in [0.15, 0.2) is 30.6 Å². The molecule has 1 aliphatic rings. The third-order valence-electron chi connectivity index (χ3n) is 4.72. The third-order valence-corrected chi connectivity index (χ3v) is 5.91. The Morgan fingerprint density at radius 3 is 2.60 bits per heavy atom. The zero-order valence-electron chi connectivity index (χ0n) is 14.5. The smallest absolute Gasteiger partial charge is 0.264 e. The van der Waals surface area contributed by atoms with Crippen molar-refractivity contribution in [3.05, 3.63) is 46.7 Å². The normalized spacial score (nSPS) is 15.8. The van der Waals surface area contributed by atoms with Gasteiger partial charge >= 0.3 is 0 Å². The van der Waals surface area contributed by atoms with Crippen molar-refractivity contribution in [1.29, 1.82) is 0 Å². The first-order valence-electron chi connectivity index (χ1n) is 8.45. The number of hydrogen-bond donors (Lipinski definition) is 0. The van der Waals surface area contributed by atoms with Crippen LogP contribution in [0, 0.1) is 6.92 Å². The molecule has 6 nitrogen and oxygen atoms in total. The molecule has 1 amide bonds. The van der Waals surface area contributed by atoms with Gasteiger partial charge in [-0.3, -0.25) is 19.4 Å². The number of rotatable bonds is 3. The van der Waals surface area contributed by atoms with E-state index in [0.29, 0.717) is 0 Å². The number of piperazine rings is 1. The van der Waals surface area contributed by atoms with Crippen molar-refractivity contribution in [3.63, 3.8) is 0 Å². The fraction of sp³-hybridized carbons (Fsp3) is 0.389. The SMILES string of the molecule is Cc1nn(C)c2sc(C(=O)N3CCN(Cc4ccncc4)CC3)cc12. The molecule has 0 N–H and O–H groups in total. The van der Waals surface area contributed by atoms with Crippen LogP contribution < -0.4 is 0 Å². The summed E-state index contributed by atoms with van der Waals surface area (Å²) in [7, 11) is 1.93. The Bertz CT molecular complexity index is 858. The van der Waals surface area contributed by atoms with Gasteiger partial charge in [-0.05, 0) is 30.7 Å². The lowest BCUT2D eigenvalue weighted by atomic mass is 10.2. The molecule has 0 spiro atoms. The van der Waals surface area contributed by atoms with E-state index in [9.17, 15) is 4.79 Å².